The van der Waals surface area contributed by atoms with Gasteiger partial charge < -0.3 is 24.7 Å². The quantitative estimate of drug-likeness (QED) is 0.418. The summed E-state index contributed by atoms with van der Waals surface area (Å²) in [4.78, 5) is 24.6. The molecule has 7 nitrogen and oxygen atoms in total. The van der Waals surface area contributed by atoms with Crippen LogP contribution in [0.25, 0.3) is 12.2 Å². The van der Waals surface area contributed by atoms with Crippen molar-refractivity contribution < 1.29 is 28.5 Å². The van der Waals surface area contributed by atoms with Crippen LogP contribution >= 0.6 is 0 Å². The summed E-state index contributed by atoms with van der Waals surface area (Å²) in [5.41, 5.74) is 6.83. The van der Waals surface area contributed by atoms with Crippen LogP contribution in [0, 0.1) is 0 Å². The van der Waals surface area contributed by atoms with Crippen LogP contribution in [0.2, 0.25) is 0 Å². The minimum atomic E-state index is -0.786. The number of nitrogens with two attached hydrogens (primary N) is 1. The zero-order valence-electron chi connectivity index (χ0n) is 16.7. The second kappa shape index (κ2) is 9.98. The SMILES string of the molecule is COC(=O)C(=C/c1ccccc1)/C(=C\c1cc(OC)c(OC)c(OC)c1)C(N)=O. The van der Waals surface area contributed by atoms with Gasteiger partial charge in [0.25, 0.3) is 0 Å². The summed E-state index contributed by atoms with van der Waals surface area (Å²) < 4.78 is 20.8. The zero-order chi connectivity index (χ0) is 21.4. The van der Waals surface area contributed by atoms with Gasteiger partial charge >= 0.3 is 5.97 Å². The van der Waals surface area contributed by atoms with Gasteiger partial charge in [0.05, 0.1) is 39.6 Å². The van der Waals surface area contributed by atoms with Crippen LogP contribution in [0.3, 0.4) is 0 Å². The van der Waals surface area contributed by atoms with Crippen LogP contribution in [-0.2, 0) is 14.3 Å². The standard InChI is InChI=1S/C22H23NO6/c1-26-18-12-15(13-19(27-2)20(18)28-3)11-16(21(23)24)17(22(25)29-4)10-14-8-6-5-7-9-14/h5-13H,1-4H3,(H2,23,24)/b16-11+,17-10+. The highest BCUT2D eigenvalue weighted by Gasteiger charge is 2.21. The number of carbonyl (C=O) groups excluding carboxylic acids is 2. The summed E-state index contributed by atoms with van der Waals surface area (Å²) >= 11 is 0. The monoisotopic (exact) mass is 397 g/mol. The van der Waals surface area contributed by atoms with E-state index in [0.717, 1.165) is 0 Å². The number of primary amides is 1. The number of hydrogen-bond donors (Lipinski definition) is 1. The summed E-state index contributed by atoms with van der Waals surface area (Å²) in [6.07, 6.45) is 3.01. The molecule has 2 aromatic rings. The summed E-state index contributed by atoms with van der Waals surface area (Å²) in [7, 11) is 5.69. The molecule has 7 heteroatoms. The Morgan fingerprint density at radius 2 is 1.34 bits per heavy atom. The first-order valence-corrected chi connectivity index (χ1v) is 8.62. The van der Waals surface area contributed by atoms with E-state index in [0.29, 0.717) is 28.4 Å². The normalized spacial score (nSPS) is 11.6. The highest BCUT2D eigenvalue weighted by atomic mass is 16.5. The van der Waals surface area contributed by atoms with Gasteiger partial charge in [-0.05, 0) is 35.4 Å². The van der Waals surface area contributed by atoms with Crippen molar-refractivity contribution in [3.63, 3.8) is 0 Å². The van der Waals surface area contributed by atoms with E-state index in [-0.39, 0.29) is 11.1 Å². The number of methoxy groups -OCH3 is 4. The van der Waals surface area contributed by atoms with Crippen molar-refractivity contribution in [1.29, 1.82) is 0 Å². The molecular formula is C22H23NO6. The Bertz CT molecular complexity index is 922. The molecule has 2 N–H and O–H groups in total. The fourth-order valence-corrected chi connectivity index (χ4v) is 2.71. The van der Waals surface area contributed by atoms with Crippen LogP contribution in [0.4, 0.5) is 0 Å². The van der Waals surface area contributed by atoms with Gasteiger partial charge in [-0.2, -0.15) is 0 Å². The van der Waals surface area contributed by atoms with Gasteiger partial charge in [0.2, 0.25) is 11.7 Å². The van der Waals surface area contributed by atoms with E-state index in [4.69, 9.17) is 24.7 Å². The second-order valence-electron chi connectivity index (χ2n) is 5.84. The summed E-state index contributed by atoms with van der Waals surface area (Å²) in [5.74, 6) is -0.277. The highest BCUT2D eigenvalue weighted by molar-refractivity contribution is 6.14. The lowest BCUT2D eigenvalue weighted by atomic mass is 9.99. The maximum atomic E-state index is 12.4. The number of carbonyl (C=O) groups is 2. The Kier molecular flexibility index (Phi) is 7.42. The number of amides is 1. The Balaban J connectivity index is 2.67. The van der Waals surface area contributed by atoms with Gasteiger partial charge in [-0.1, -0.05) is 30.3 Å². The van der Waals surface area contributed by atoms with Crippen LogP contribution in [-0.4, -0.2) is 40.3 Å². The molecule has 0 bridgehead atoms. The smallest absolute Gasteiger partial charge is 0.338 e. The molecule has 0 fully saturated rings. The third-order valence-corrected chi connectivity index (χ3v) is 4.07. The van der Waals surface area contributed by atoms with Gasteiger partial charge in [-0.3, -0.25) is 4.79 Å². The lowest BCUT2D eigenvalue weighted by molar-refractivity contribution is -0.136. The largest absolute Gasteiger partial charge is 0.493 e. The molecule has 2 aromatic carbocycles. The molecule has 2 rings (SSSR count). The summed E-state index contributed by atoms with van der Waals surface area (Å²) in [6.45, 7) is 0. The van der Waals surface area contributed by atoms with Crippen molar-refractivity contribution in [1.82, 2.24) is 0 Å². The number of benzene rings is 2. The minimum absolute atomic E-state index is 0.0185. The molecule has 0 unspecified atom stereocenters. The molecule has 0 spiro atoms. The first kappa shape index (κ1) is 21.6. The molecule has 29 heavy (non-hydrogen) atoms. The van der Waals surface area contributed by atoms with Crippen molar-refractivity contribution in [3.8, 4) is 17.2 Å². The first-order valence-electron chi connectivity index (χ1n) is 8.62. The molecular weight excluding hydrogens is 374 g/mol. The van der Waals surface area contributed by atoms with E-state index in [1.807, 2.05) is 18.2 Å². The molecule has 152 valence electrons. The van der Waals surface area contributed by atoms with Crippen molar-refractivity contribution >= 4 is 24.0 Å². The Hall–Kier alpha value is -3.74. The second-order valence-corrected chi connectivity index (χ2v) is 5.84. The lowest BCUT2D eigenvalue weighted by Crippen LogP contribution is -2.20. The van der Waals surface area contributed by atoms with Gasteiger partial charge in [0.15, 0.2) is 11.5 Å². The third kappa shape index (κ3) is 5.16. The Morgan fingerprint density at radius 1 is 0.793 bits per heavy atom. The van der Waals surface area contributed by atoms with E-state index in [1.165, 1.54) is 34.5 Å². The molecule has 0 saturated heterocycles. The van der Waals surface area contributed by atoms with Gasteiger partial charge in [0.1, 0.15) is 0 Å². The molecule has 0 saturated carbocycles. The number of ether oxygens (including phenoxy) is 4. The summed E-state index contributed by atoms with van der Waals surface area (Å²) in [5, 5.41) is 0. The maximum absolute atomic E-state index is 12.4. The Morgan fingerprint density at radius 3 is 1.79 bits per heavy atom. The van der Waals surface area contributed by atoms with E-state index in [1.54, 1.807) is 30.3 Å². The molecule has 0 aliphatic heterocycles. The van der Waals surface area contributed by atoms with Crippen LogP contribution in [0.1, 0.15) is 11.1 Å². The summed E-state index contributed by atoms with van der Waals surface area (Å²) in [6, 6.07) is 12.3. The van der Waals surface area contributed by atoms with Gasteiger partial charge in [0, 0.05) is 0 Å². The van der Waals surface area contributed by atoms with Gasteiger partial charge in [-0.15, -0.1) is 0 Å². The van der Waals surface area contributed by atoms with Crippen molar-refractivity contribution in [2.75, 3.05) is 28.4 Å². The topological polar surface area (TPSA) is 97.1 Å². The van der Waals surface area contributed by atoms with Crippen LogP contribution in [0.5, 0.6) is 17.2 Å². The maximum Gasteiger partial charge on any atom is 0.338 e. The third-order valence-electron chi connectivity index (χ3n) is 4.07. The fourth-order valence-electron chi connectivity index (χ4n) is 2.71. The van der Waals surface area contributed by atoms with Crippen LogP contribution in [0.15, 0.2) is 53.6 Å². The van der Waals surface area contributed by atoms with Gasteiger partial charge in [-0.25, -0.2) is 4.79 Å². The number of hydrogen-bond acceptors (Lipinski definition) is 6. The Labute approximate surface area is 169 Å². The number of rotatable bonds is 8. The average molecular weight is 397 g/mol. The average Bonchev–Trinajstić information content (AvgIpc) is 2.75. The molecule has 0 radical (unpaired) electrons. The highest BCUT2D eigenvalue weighted by Crippen LogP contribution is 2.39. The predicted octanol–water partition coefficient (Wildman–Crippen LogP) is 2.84. The van der Waals surface area contributed by atoms with Crippen molar-refractivity contribution in [2.45, 2.75) is 0 Å². The van der Waals surface area contributed by atoms with E-state index in [2.05, 4.69) is 0 Å². The predicted molar refractivity (Wildman–Crippen MR) is 110 cm³/mol. The van der Waals surface area contributed by atoms with E-state index < -0.39 is 11.9 Å². The van der Waals surface area contributed by atoms with Crippen LogP contribution < -0.4 is 19.9 Å². The number of esters is 1. The molecule has 0 aromatic heterocycles. The zero-order valence-corrected chi connectivity index (χ0v) is 16.7. The molecule has 0 heterocycles. The first-order chi connectivity index (χ1) is 13.9. The van der Waals surface area contributed by atoms with Crippen molar-refractivity contribution in [2.24, 2.45) is 5.73 Å². The molecule has 0 atom stereocenters. The molecule has 1 amide bonds. The molecule has 0 aliphatic rings. The minimum Gasteiger partial charge on any atom is -0.493 e. The van der Waals surface area contributed by atoms with Crippen molar-refractivity contribution in [3.05, 3.63) is 64.7 Å². The van der Waals surface area contributed by atoms with E-state index >= 15 is 0 Å². The molecule has 0 aliphatic carbocycles. The fraction of sp³-hybridized carbons (Fsp3) is 0.182. The lowest BCUT2D eigenvalue weighted by Gasteiger charge is -2.14. The van der Waals surface area contributed by atoms with E-state index in [9.17, 15) is 9.59 Å².